The molecule has 0 aliphatic heterocycles. The van der Waals surface area contributed by atoms with Gasteiger partial charge in [0.1, 0.15) is 12.3 Å². The molecule has 0 unspecified atom stereocenters. The van der Waals surface area contributed by atoms with Crippen LogP contribution < -0.4 is 10.1 Å². The van der Waals surface area contributed by atoms with Gasteiger partial charge in [0.05, 0.1) is 12.5 Å². The third kappa shape index (κ3) is 3.91. The summed E-state index contributed by atoms with van der Waals surface area (Å²) in [5.74, 6) is 1.51. The van der Waals surface area contributed by atoms with Crippen molar-refractivity contribution >= 4 is 16.9 Å². The number of ether oxygens (including phenoxy) is 1. The van der Waals surface area contributed by atoms with E-state index in [0.717, 1.165) is 39.4 Å². The van der Waals surface area contributed by atoms with E-state index in [-0.39, 0.29) is 12.5 Å². The first kappa shape index (κ1) is 19.7. The number of aromatic nitrogens is 4. The fourth-order valence-corrected chi connectivity index (χ4v) is 3.70. The van der Waals surface area contributed by atoms with Crippen LogP contribution in [0.15, 0.2) is 54.9 Å². The van der Waals surface area contributed by atoms with Gasteiger partial charge in [-0.05, 0) is 55.7 Å². The highest BCUT2D eigenvalue weighted by atomic mass is 16.5. The van der Waals surface area contributed by atoms with Crippen LogP contribution in [0.3, 0.4) is 0 Å². The summed E-state index contributed by atoms with van der Waals surface area (Å²) >= 11 is 0. The lowest BCUT2D eigenvalue weighted by Crippen LogP contribution is -2.30. The number of amides is 1. The van der Waals surface area contributed by atoms with E-state index in [1.54, 1.807) is 11.8 Å². The van der Waals surface area contributed by atoms with Crippen LogP contribution in [-0.2, 0) is 17.8 Å². The number of fused-ring (bicyclic) bond motifs is 1. The Kier molecular flexibility index (Phi) is 5.52. The Morgan fingerprint density at radius 2 is 1.90 bits per heavy atom. The quantitative estimate of drug-likeness (QED) is 0.514. The third-order valence-corrected chi connectivity index (χ3v) is 5.06. The van der Waals surface area contributed by atoms with E-state index >= 15 is 0 Å². The second kappa shape index (κ2) is 8.41. The standard InChI is InChI=1S/C23H25N5O2/c1-16-14-17(2)25-22-21(16)23(27-12-6-7-13-27)26-28(22)15-20(29)24-11-10-18-8-4-5-9-19(18)30-3/h4-9,12-14H,10-11,15H2,1-3H3,(H,24,29). The molecule has 0 aliphatic rings. The van der Waals surface area contributed by atoms with Crippen LogP contribution in [0.1, 0.15) is 16.8 Å². The normalized spacial score (nSPS) is 11.0. The summed E-state index contributed by atoms with van der Waals surface area (Å²) in [6.45, 7) is 4.63. The SMILES string of the molecule is COc1ccccc1CCNC(=O)Cn1nc(-n2cccc2)c2c(C)cc(C)nc21. The Morgan fingerprint density at radius 1 is 1.13 bits per heavy atom. The number of para-hydroxylation sites is 1. The van der Waals surface area contributed by atoms with E-state index in [1.165, 1.54) is 0 Å². The van der Waals surface area contributed by atoms with E-state index in [1.807, 2.05) is 73.3 Å². The molecule has 0 bridgehead atoms. The predicted octanol–water partition coefficient (Wildman–Crippen LogP) is 3.21. The molecule has 0 fully saturated rings. The molecular formula is C23H25N5O2. The van der Waals surface area contributed by atoms with Crippen LogP contribution in [0, 0.1) is 13.8 Å². The van der Waals surface area contributed by atoms with Gasteiger partial charge in [-0.2, -0.15) is 5.10 Å². The zero-order valence-corrected chi connectivity index (χ0v) is 17.4. The summed E-state index contributed by atoms with van der Waals surface area (Å²) < 4.78 is 9.00. The van der Waals surface area contributed by atoms with Crippen molar-refractivity contribution in [2.24, 2.45) is 0 Å². The van der Waals surface area contributed by atoms with Gasteiger partial charge < -0.3 is 14.6 Å². The summed E-state index contributed by atoms with van der Waals surface area (Å²) in [5, 5.41) is 8.64. The van der Waals surface area contributed by atoms with Crippen molar-refractivity contribution in [1.29, 1.82) is 0 Å². The molecule has 1 N–H and O–H groups in total. The van der Waals surface area contributed by atoms with Crippen molar-refractivity contribution in [1.82, 2.24) is 24.6 Å². The Morgan fingerprint density at radius 3 is 2.67 bits per heavy atom. The van der Waals surface area contributed by atoms with Crippen molar-refractivity contribution in [3.05, 3.63) is 71.7 Å². The first-order valence-corrected chi connectivity index (χ1v) is 9.93. The monoisotopic (exact) mass is 403 g/mol. The van der Waals surface area contributed by atoms with E-state index < -0.39 is 0 Å². The van der Waals surface area contributed by atoms with Gasteiger partial charge in [-0.3, -0.25) is 4.79 Å². The summed E-state index contributed by atoms with van der Waals surface area (Å²) in [5.41, 5.74) is 3.77. The fraction of sp³-hybridized carbons (Fsp3) is 0.261. The summed E-state index contributed by atoms with van der Waals surface area (Å²) in [7, 11) is 1.65. The van der Waals surface area contributed by atoms with Crippen LogP contribution in [0.5, 0.6) is 5.75 Å². The molecule has 0 aliphatic carbocycles. The average Bonchev–Trinajstić information content (AvgIpc) is 3.37. The number of hydrogen-bond acceptors (Lipinski definition) is 4. The first-order chi connectivity index (χ1) is 14.6. The molecule has 3 heterocycles. The van der Waals surface area contributed by atoms with Crippen molar-refractivity contribution < 1.29 is 9.53 Å². The molecule has 0 atom stereocenters. The van der Waals surface area contributed by atoms with Crippen LogP contribution in [0.4, 0.5) is 0 Å². The smallest absolute Gasteiger partial charge is 0.241 e. The highest BCUT2D eigenvalue weighted by Gasteiger charge is 2.17. The lowest BCUT2D eigenvalue weighted by Gasteiger charge is -2.09. The number of hydrogen-bond donors (Lipinski definition) is 1. The highest BCUT2D eigenvalue weighted by molar-refractivity contribution is 5.88. The number of benzene rings is 1. The van der Waals surface area contributed by atoms with E-state index in [9.17, 15) is 4.79 Å². The summed E-state index contributed by atoms with van der Waals surface area (Å²) in [4.78, 5) is 17.3. The molecule has 4 aromatic rings. The molecule has 3 aromatic heterocycles. The molecule has 0 radical (unpaired) electrons. The molecule has 0 saturated heterocycles. The number of methoxy groups -OCH3 is 1. The van der Waals surface area contributed by atoms with Crippen LogP contribution in [0.25, 0.3) is 16.9 Å². The molecule has 7 nitrogen and oxygen atoms in total. The van der Waals surface area contributed by atoms with Crippen LogP contribution >= 0.6 is 0 Å². The number of nitrogens with zero attached hydrogens (tertiary/aromatic N) is 4. The molecule has 4 rings (SSSR count). The highest BCUT2D eigenvalue weighted by Crippen LogP contribution is 2.25. The van der Waals surface area contributed by atoms with Gasteiger partial charge in [-0.25, -0.2) is 9.67 Å². The maximum Gasteiger partial charge on any atom is 0.241 e. The Bertz CT molecular complexity index is 1180. The van der Waals surface area contributed by atoms with Gasteiger partial charge in [0.2, 0.25) is 5.91 Å². The molecule has 154 valence electrons. The van der Waals surface area contributed by atoms with Gasteiger partial charge in [-0.15, -0.1) is 0 Å². The van der Waals surface area contributed by atoms with Crippen LogP contribution in [-0.4, -0.2) is 38.9 Å². The van der Waals surface area contributed by atoms with E-state index in [2.05, 4.69) is 10.3 Å². The zero-order valence-electron chi connectivity index (χ0n) is 17.4. The number of rotatable bonds is 7. The average molecular weight is 403 g/mol. The minimum absolute atomic E-state index is 0.102. The number of nitrogens with one attached hydrogen (secondary N) is 1. The lowest BCUT2D eigenvalue weighted by molar-refractivity contribution is -0.121. The molecule has 1 aromatic carbocycles. The maximum absolute atomic E-state index is 12.6. The topological polar surface area (TPSA) is 74.0 Å². The number of carbonyl (C=O) groups excluding carboxylic acids is 1. The molecule has 1 amide bonds. The molecule has 0 spiro atoms. The molecule has 30 heavy (non-hydrogen) atoms. The fourth-order valence-electron chi connectivity index (χ4n) is 3.70. The van der Waals surface area contributed by atoms with Gasteiger partial charge in [0, 0.05) is 24.6 Å². The summed E-state index contributed by atoms with van der Waals surface area (Å²) in [6, 6.07) is 13.8. The Labute approximate surface area is 175 Å². The minimum atomic E-state index is -0.102. The zero-order chi connectivity index (χ0) is 21.1. The third-order valence-electron chi connectivity index (χ3n) is 5.06. The van der Waals surface area contributed by atoms with Gasteiger partial charge in [0.25, 0.3) is 0 Å². The maximum atomic E-state index is 12.6. The second-order valence-electron chi connectivity index (χ2n) is 7.26. The second-order valence-corrected chi connectivity index (χ2v) is 7.26. The van der Waals surface area contributed by atoms with Gasteiger partial charge in [-0.1, -0.05) is 18.2 Å². The Hall–Kier alpha value is -3.61. The predicted molar refractivity (Wildman–Crippen MR) is 116 cm³/mol. The molecule has 0 saturated carbocycles. The van der Waals surface area contributed by atoms with E-state index in [4.69, 9.17) is 9.84 Å². The Balaban J connectivity index is 1.53. The van der Waals surface area contributed by atoms with Crippen molar-refractivity contribution in [3.63, 3.8) is 0 Å². The van der Waals surface area contributed by atoms with Crippen molar-refractivity contribution in [3.8, 4) is 11.6 Å². The van der Waals surface area contributed by atoms with Crippen molar-refractivity contribution in [2.45, 2.75) is 26.8 Å². The van der Waals surface area contributed by atoms with Gasteiger partial charge in [0.15, 0.2) is 11.5 Å². The number of pyridine rings is 1. The summed E-state index contributed by atoms with van der Waals surface area (Å²) in [6.07, 6.45) is 4.58. The van der Waals surface area contributed by atoms with Crippen molar-refractivity contribution in [2.75, 3.05) is 13.7 Å². The lowest BCUT2D eigenvalue weighted by atomic mass is 10.1. The number of aryl methyl sites for hydroxylation is 2. The largest absolute Gasteiger partial charge is 0.496 e. The van der Waals surface area contributed by atoms with E-state index in [0.29, 0.717) is 13.0 Å². The minimum Gasteiger partial charge on any atom is -0.496 e. The molecule has 7 heteroatoms. The number of carbonyl (C=O) groups is 1. The molecular weight excluding hydrogens is 378 g/mol. The van der Waals surface area contributed by atoms with Crippen LogP contribution in [0.2, 0.25) is 0 Å². The first-order valence-electron chi connectivity index (χ1n) is 9.93. The van der Waals surface area contributed by atoms with Gasteiger partial charge >= 0.3 is 0 Å².